The number of hydrogen-bond donors (Lipinski definition) is 0. The van der Waals surface area contributed by atoms with Crippen LogP contribution < -0.4 is 10.4 Å². The second kappa shape index (κ2) is 4.48. The smallest absolute Gasteiger partial charge is 0.347 e. The molecule has 3 heteroatoms. The van der Waals surface area contributed by atoms with Gasteiger partial charge in [0.25, 0.3) is 0 Å². The van der Waals surface area contributed by atoms with Crippen LogP contribution in [0, 0.1) is 0 Å². The lowest BCUT2D eigenvalue weighted by molar-refractivity contribution is 0.197. The second-order valence-electron chi connectivity index (χ2n) is 4.79. The third-order valence-corrected chi connectivity index (χ3v) is 3.49. The normalized spacial score (nSPS) is 22.1. The zero-order chi connectivity index (χ0) is 12.5. The molecule has 0 radical (unpaired) electrons. The summed E-state index contributed by atoms with van der Waals surface area (Å²) in [6.45, 7) is 1.89. The van der Waals surface area contributed by atoms with E-state index >= 15 is 0 Å². The summed E-state index contributed by atoms with van der Waals surface area (Å²) in [4.78, 5) is 11.9. The van der Waals surface area contributed by atoms with Crippen molar-refractivity contribution in [2.45, 2.75) is 38.7 Å². The van der Waals surface area contributed by atoms with Gasteiger partial charge in [-0.3, -0.25) is 0 Å². The van der Waals surface area contributed by atoms with E-state index in [1.54, 1.807) is 12.1 Å². The minimum Gasteiger partial charge on any atom is -0.485 e. The van der Waals surface area contributed by atoms with Gasteiger partial charge in [0.15, 0.2) is 0 Å². The fraction of sp³-hybridized carbons (Fsp3) is 0.400. The predicted octanol–water partition coefficient (Wildman–Crippen LogP) is 3.39. The lowest BCUT2D eigenvalue weighted by atomic mass is 9.89. The number of fused-ring (bicyclic) bond motifs is 2. The first-order chi connectivity index (χ1) is 8.78. The number of allylic oxidation sites excluding steroid dienone is 1. The van der Waals surface area contributed by atoms with E-state index in [0.29, 0.717) is 17.1 Å². The van der Waals surface area contributed by atoms with Crippen LogP contribution in [0.5, 0.6) is 5.75 Å². The Labute approximate surface area is 106 Å². The van der Waals surface area contributed by atoms with Crippen molar-refractivity contribution < 1.29 is 9.15 Å². The molecule has 3 nitrogen and oxygen atoms in total. The molecular formula is C15H16O3. The molecule has 1 saturated carbocycles. The molecule has 1 aromatic rings. The van der Waals surface area contributed by atoms with Gasteiger partial charge in [-0.2, -0.15) is 0 Å². The van der Waals surface area contributed by atoms with Gasteiger partial charge < -0.3 is 9.15 Å². The molecule has 1 unspecified atom stereocenters. The molecule has 1 atom stereocenters. The van der Waals surface area contributed by atoms with Crippen LogP contribution in [-0.2, 0) is 0 Å². The molecule has 0 spiro atoms. The zero-order valence-corrected chi connectivity index (χ0v) is 10.4. The minimum absolute atomic E-state index is 0.159. The number of rotatable bonds is 1. The van der Waals surface area contributed by atoms with Crippen LogP contribution in [0.2, 0.25) is 0 Å². The van der Waals surface area contributed by atoms with Gasteiger partial charge in [0, 0.05) is 6.07 Å². The van der Waals surface area contributed by atoms with E-state index in [-0.39, 0.29) is 11.7 Å². The molecule has 1 aliphatic heterocycles. The Morgan fingerprint density at radius 3 is 3.11 bits per heavy atom. The van der Waals surface area contributed by atoms with Crippen molar-refractivity contribution in [3.8, 4) is 5.75 Å². The highest BCUT2D eigenvalue weighted by Gasteiger charge is 2.27. The van der Waals surface area contributed by atoms with Crippen LogP contribution in [0.15, 0.2) is 26.9 Å². The van der Waals surface area contributed by atoms with Crippen molar-refractivity contribution in [1.29, 1.82) is 0 Å². The monoisotopic (exact) mass is 244 g/mol. The topological polar surface area (TPSA) is 39.4 Å². The van der Waals surface area contributed by atoms with E-state index in [9.17, 15) is 4.79 Å². The minimum atomic E-state index is -0.308. The summed E-state index contributed by atoms with van der Waals surface area (Å²) in [5.41, 5.74) is 1.49. The van der Waals surface area contributed by atoms with Crippen LogP contribution in [-0.4, -0.2) is 6.10 Å². The van der Waals surface area contributed by atoms with Crippen LogP contribution in [0.4, 0.5) is 0 Å². The van der Waals surface area contributed by atoms with E-state index in [2.05, 4.69) is 0 Å². The number of hydrogen-bond acceptors (Lipinski definition) is 3. The summed E-state index contributed by atoms with van der Waals surface area (Å²) in [5.74, 6) is 1.21. The summed E-state index contributed by atoms with van der Waals surface area (Å²) in [6, 6.07) is 1.80. The molecule has 1 fully saturated rings. The van der Waals surface area contributed by atoms with Crippen molar-refractivity contribution in [3.63, 3.8) is 0 Å². The highest BCUT2D eigenvalue weighted by molar-refractivity contribution is 5.63. The maximum absolute atomic E-state index is 11.9. The molecule has 18 heavy (non-hydrogen) atoms. The molecule has 0 N–H and O–H groups in total. The van der Waals surface area contributed by atoms with Gasteiger partial charge in [-0.1, -0.05) is 6.08 Å². The highest BCUT2D eigenvalue weighted by atomic mass is 16.5. The molecule has 0 amide bonds. The Balaban J connectivity index is 2.08. The first-order valence-electron chi connectivity index (χ1n) is 6.46. The maximum Gasteiger partial charge on any atom is 0.347 e. The van der Waals surface area contributed by atoms with E-state index in [1.165, 1.54) is 18.4 Å². The third-order valence-electron chi connectivity index (χ3n) is 3.49. The zero-order valence-electron chi connectivity index (χ0n) is 10.4. The average molecular weight is 244 g/mol. The summed E-state index contributed by atoms with van der Waals surface area (Å²) in [7, 11) is 0. The summed E-state index contributed by atoms with van der Waals surface area (Å²) >= 11 is 0. The van der Waals surface area contributed by atoms with E-state index < -0.39 is 0 Å². The quantitative estimate of drug-likeness (QED) is 0.760. The standard InChI is InChI=1S/C15H16O3/c1-2-5-11-9-14-12(15(16)17-11)8-10-6-3-4-7-13(10)18-14/h2,5,8-9,13H,3-4,6-7H2,1H3/b5-2+. The van der Waals surface area contributed by atoms with Crippen molar-refractivity contribution in [1.82, 2.24) is 0 Å². The lowest BCUT2D eigenvalue weighted by Gasteiger charge is -2.30. The summed E-state index contributed by atoms with van der Waals surface area (Å²) < 4.78 is 11.2. The Morgan fingerprint density at radius 1 is 1.39 bits per heavy atom. The SMILES string of the molecule is C/C=C/c1cc2c(c(=O)o1)C=C1CCCCC1O2. The number of ether oxygens (including phenoxy) is 1. The van der Waals surface area contributed by atoms with Crippen molar-refractivity contribution in [3.05, 3.63) is 39.5 Å². The van der Waals surface area contributed by atoms with Gasteiger partial charge in [0.2, 0.25) is 0 Å². The molecule has 0 saturated heterocycles. The predicted molar refractivity (Wildman–Crippen MR) is 70.5 cm³/mol. The van der Waals surface area contributed by atoms with Crippen LogP contribution in [0.25, 0.3) is 12.2 Å². The molecule has 1 aromatic heterocycles. The largest absolute Gasteiger partial charge is 0.485 e. The van der Waals surface area contributed by atoms with Gasteiger partial charge in [-0.05, 0) is 50.3 Å². The molecule has 2 aliphatic rings. The Kier molecular flexibility index (Phi) is 2.82. The van der Waals surface area contributed by atoms with Crippen LogP contribution in [0.3, 0.4) is 0 Å². The van der Waals surface area contributed by atoms with Crippen molar-refractivity contribution in [2.75, 3.05) is 0 Å². The second-order valence-corrected chi connectivity index (χ2v) is 4.79. The van der Waals surface area contributed by atoms with Gasteiger partial charge in [-0.15, -0.1) is 0 Å². The molecule has 94 valence electrons. The van der Waals surface area contributed by atoms with Crippen LogP contribution >= 0.6 is 0 Å². The average Bonchev–Trinajstić information content (AvgIpc) is 2.37. The molecule has 1 aliphatic carbocycles. The van der Waals surface area contributed by atoms with Crippen molar-refractivity contribution >= 4 is 12.2 Å². The van der Waals surface area contributed by atoms with Crippen molar-refractivity contribution in [2.24, 2.45) is 0 Å². The molecule has 0 aromatic carbocycles. The van der Waals surface area contributed by atoms with Gasteiger partial charge in [-0.25, -0.2) is 4.79 Å². The van der Waals surface area contributed by atoms with Gasteiger partial charge in [0.05, 0.1) is 0 Å². The first-order valence-corrected chi connectivity index (χ1v) is 6.46. The fourth-order valence-electron chi connectivity index (χ4n) is 2.62. The molecule has 3 rings (SSSR count). The Morgan fingerprint density at radius 2 is 2.28 bits per heavy atom. The Bertz CT molecular complexity index is 578. The van der Waals surface area contributed by atoms with E-state index in [1.807, 2.05) is 19.1 Å². The van der Waals surface area contributed by atoms with E-state index in [0.717, 1.165) is 12.8 Å². The summed E-state index contributed by atoms with van der Waals surface area (Å²) in [5, 5.41) is 0. The van der Waals surface area contributed by atoms with Gasteiger partial charge in [0.1, 0.15) is 23.2 Å². The maximum atomic E-state index is 11.9. The first kappa shape index (κ1) is 11.3. The highest BCUT2D eigenvalue weighted by Crippen LogP contribution is 2.35. The third kappa shape index (κ3) is 1.90. The van der Waals surface area contributed by atoms with Gasteiger partial charge >= 0.3 is 5.63 Å². The molecule has 2 heterocycles. The van der Waals surface area contributed by atoms with Crippen LogP contribution in [0.1, 0.15) is 43.9 Å². The summed E-state index contributed by atoms with van der Waals surface area (Å²) in [6.07, 6.45) is 10.2. The molecular weight excluding hydrogens is 228 g/mol. The Hall–Kier alpha value is -1.77. The fourth-order valence-corrected chi connectivity index (χ4v) is 2.62. The lowest BCUT2D eigenvalue weighted by Crippen LogP contribution is -2.27. The van der Waals surface area contributed by atoms with E-state index in [4.69, 9.17) is 9.15 Å². The molecule has 0 bridgehead atoms.